The Hall–Kier alpha value is -0.660. The van der Waals surface area contributed by atoms with Crippen LogP contribution in [0.1, 0.15) is 13.3 Å². The van der Waals surface area contributed by atoms with E-state index in [4.69, 9.17) is 29.9 Å². The van der Waals surface area contributed by atoms with Crippen LogP contribution in [0.15, 0.2) is 11.8 Å². The molecule has 102 valence electrons. The number of allylic oxidation sites excluding steroid dienone is 1. The molecular formula is C11H22O6. The summed E-state index contributed by atoms with van der Waals surface area (Å²) in [6, 6.07) is 0. The predicted octanol–water partition coefficient (Wildman–Crippen LogP) is -0.980. The first-order chi connectivity index (χ1) is 8.13. The first-order valence-electron chi connectivity index (χ1n) is 5.57. The van der Waals surface area contributed by atoms with Crippen LogP contribution >= 0.6 is 0 Å². The molecule has 6 heteroatoms. The van der Waals surface area contributed by atoms with Crippen molar-refractivity contribution < 1.29 is 29.9 Å². The minimum atomic E-state index is -0.887. The topological polar surface area (TPSA) is 99.4 Å². The van der Waals surface area contributed by atoms with Crippen molar-refractivity contribution in [1.82, 2.24) is 0 Å². The second kappa shape index (κ2) is 10.5. The molecule has 2 atom stereocenters. The normalized spacial score (nSPS) is 15.7. The van der Waals surface area contributed by atoms with E-state index in [-0.39, 0.29) is 26.4 Å². The van der Waals surface area contributed by atoms with Crippen LogP contribution < -0.4 is 0 Å². The molecule has 0 heterocycles. The molecule has 4 N–H and O–H groups in total. The number of ether oxygens (including phenoxy) is 2. The lowest BCUT2D eigenvalue weighted by atomic mass is 10.3. The average molecular weight is 250 g/mol. The fraction of sp³-hybridized carbons (Fsp3) is 0.818. The zero-order valence-electron chi connectivity index (χ0n) is 10.1. The zero-order chi connectivity index (χ0) is 13.1. The maximum absolute atomic E-state index is 9.08. The highest BCUT2D eigenvalue weighted by Crippen LogP contribution is 2.05. The van der Waals surface area contributed by atoms with Gasteiger partial charge in [-0.15, -0.1) is 0 Å². The molecule has 2 unspecified atom stereocenters. The molecule has 0 aliphatic rings. The summed E-state index contributed by atoms with van der Waals surface area (Å²) in [5.74, 6) is 0.649. The number of hydrogen-bond acceptors (Lipinski definition) is 6. The highest BCUT2D eigenvalue weighted by Gasteiger charge is 2.05. The van der Waals surface area contributed by atoms with E-state index in [1.165, 1.54) is 0 Å². The van der Waals surface area contributed by atoms with Gasteiger partial charge in [0.05, 0.1) is 32.2 Å². The third-order valence-electron chi connectivity index (χ3n) is 2.01. The number of hydrogen-bond donors (Lipinski definition) is 4. The van der Waals surface area contributed by atoms with Gasteiger partial charge in [-0.05, 0) is 13.0 Å². The Morgan fingerprint density at radius 1 is 1.12 bits per heavy atom. The monoisotopic (exact) mass is 250 g/mol. The number of aliphatic hydroxyl groups excluding tert-OH is 4. The van der Waals surface area contributed by atoms with E-state index in [0.717, 1.165) is 0 Å². The van der Waals surface area contributed by atoms with Gasteiger partial charge >= 0.3 is 0 Å². The van der Waals surface area contributed by atoms with Gasteiger partial charge in [-0.3, -0.25) is 0 Å². The van der Waals surface area contributed by atoms with Crippen molar-refractivity contribution in [1.29, 1.82) is 0 Å². The quantitative estimate of drug-likeness (QED) is 0.294. The second-order valence-corrected chi connectivity index (χ2v) is 3.56. The largest absolute Gasteiger partial charge is 0.495 e. The Kier molecular flexibility index (Phi) is 10.1. The summed E-state index contributed by atoms with van der Waals surface area (Å²) < 4.78 is 10.3. The Balaban J connectivity index is 3.62. The second-order valence-electron chi connectivity index (χ2n) is 3.56. The van der Waals surface area contributed by atoms with Crippen LogP contribution in [0.25, 0.3) is 0 Å². The van der Waals surface area contributed by atoms with Gasteiger partial charge < -0.3 is 29.9 Å². The molecule has 0 amide bonds. The van der Waals surface area contributed by atoms with Crippen LogP contribution in [0.4, 0.5) is 0 Å². The molecule has 17 heavy (non-hydrogen) atoms. The average Bonchev–Trinajstić information content (AvgIpc) is 2.36. The highest BCUT2D eigenvalue weighted by atomic mass is 16.5. The summed E-state index contributed by atoms with van der Waals surface area (Å²) in [6.07, 6.45) is 0.506. The van der Waals surface area contributed by atoms with Gasteiger partial charge in [0.25, 0.3) is 0 Å². The van der Waals surface area contributed by atoms with Crippen molar-refractivity contribution in [2.24, 2.45) is 0 Å². The minimum Gasteiger partial charge on any atom is -0.495 e. The van der Waals surface area contributed by atoms with Crippen LogP contribution in [0, 0.1) is 0 Å². The molecule has 0 aliphatic heterocycles. The van der Waals surface area contributed by atoms with E-state index in [9.17, 15) is 0 Å². The van der Waals surface area contributed by atoms with E-state index >= 15 is 0 Å². The maximum Gasteiger partial charge on any atom is 0.116 e. The predicted molar refractivity (Wildman–Crippen MR) is 61.3 cm³/mol. The molecule has 0 fully saturated rings. The Labute approximate surface area is 101 Å². The summed E-state index contributed by atoms with van der Waals surface area (Å²) in [5.41, 5.74) is 0. The van der Waals surface area contributed by atoms with Crippen molar-refractivity contribution in [3.63, 3.8) is 0 Å². The maximum atomic E-state index is 9.08. The smallest absolute Gasteiger partial charge is 0.116 e. The van der Waals surface area contributed by atoms with Crippen molar-refractivity contribution in [3.8, 4) is 0 Å². The molecule has 0 aromatic carbocycles. The van der Waals surface area contributed by atoms with Crippen LogP contribution in [0.2, 0.25) is 0 Å². The van der Waals surface area contributed by atoms with Gasteiger partial charge in [0, 0.05) is 6.42 Å². The Bertz CT molecular complexity index is 206. The fourth-order valence-electron chi connectivity index (χ4n) is 1.00. The summed E-state index contributed by atoms with van der Waals surface area (Å²) in [5, 5.41) is 35.2. The fourth-order valence-corrected chi connectivity index (χ4v) is 1.00. The lowest BCUT2D eigenvalue weighted by Gasteiger charge is -2.13. The first-order valence-corrected chi connectivity index (χ1v) is 5.57. The van der Waals surface area contributed by atoms with Crippen molar-refractivity contribution in [2.75, 3.05) is 33.0 Å². The van der Waals surface area contributed by atoms with E-state index in [1.807, 2.05) is 0 Å². The van der Waals surface area contributed by atoms with Gasteiger partial charge in [-0.1, -0.05) is 0 Å². The molecule has 0 aromatic rings. The molecule has 0 saturated heterocycles. The van der Waals surface area contributed by atoms with Gasteiger partial charge in [0.2, 0.25) is 0 Å². The lowest BCUT2D eigenvalue weighted by Crippen LogP contribution is -2.21. The van der Waals surface area contributed by atoms with Gasteiger partial charge in [0.1, 0.15) is 18.8 Å². The van der Waals surface area contributed by atoms with Gasteiger partial charge in [-0.25, -0.2) is 0 Å². The third kappa shape index (κ3) is 9.08. The van der Waals surface area contributed by atoms with E-state index in [2.05, 4.69) is 0 Å². The number of aliphatic hydroxyl groups is 4. The first kappa shape index (κ1) is 16.3. The molecule has 0 spiro atoms. The Morgan fingerprint density at radius 2 is 1.71 bits per heavy atom. The van der Waals surface area contributed by atoms with E-state index in [0.29, 0.717) is 18.8 Å². The SMILES string of the molecule is CC=C(CCOCC(O)CO)OCC(O)CO. The standard InChI is InChI=1S/C11H22O6/c1-2-11(17-8-10(15)6-13)3-4-16-7-9(14)5-12/h2,9-10,12-15H,3-8H2,1H3. The summed E-state index contributed by atoms with van der Waals surface area (Å²) in [7, 11) is 0. The van der Waals surface area contributed by atoms with Gasteiger partial charge in [-0.2, -0.15) is 0 Å². The molecular weight excluding hydrogens is 228 g/mol. The summed E-state index contributed by atoms with van der Waals surface area (Å²) >= 11 is 0. The molecule has 0 rings (SSSR count). The lowest BCUT2D eigenvalue weighted by molar-refractivity contribution is -0.000544. The zero-order valence-corrected chi connectivity index (χ0v) is 10.1. The molecule has 0 radical (unpaired) electrons. The molecule has 0 aromatic heterocycles. The molecule has 0 bridgehead atoms. The van der Waals surface area contributed by atoms with Crippen molar-refractivity contribution in [2.45, 2.75) is 25.6 Å². The molecule has 0 saturated carbocycles. The molecule has 0 aliphatic carbocycles. The highest BCUT2D eigenvalue weighted by molar-refractivity contribution is 4.90. The van der Waals surface area contributed by atoms with Crippen molar-refractivity contribution >= 4 is 0 Å². The van der Waals surface area contributed by atoms with E-state index in [1.54, 1.807) is 13.0 Å². The van der Waals surface area contributed by atoms with Crippen LogP contribution in [0.3, 0.4) is 0 Å². The summed E-state index contributed by atoms with van der Waals surface area (Å²) in [4.78, 5) is 0. The minimum absolute atomic E-state index is 0.0371. The van der Waals surface area contributed by atoms with Crippen LogP contribution in [0.5, 0.6) is 0 Å². The molecule has 6 nitrogen and oxygen atoms in total. The third-order valence-corrected chi connectivity index (χ3v) is 2.01. The van der Waals surface area contributed by atoms with Crippen molar-refractivity contribution in [3.05, 3.63) is 11.8 Å². The number of rotatable bonds is 10. The van der Waals surface area contributed by atoms with Crippen LogP contribution in [-0.2, 0) is 9.47 Å². The van der Waals surface area contributed by atoms with Crippen LogP contribution in [-0.4, -0.2) is 65.7 Å². The summed E-state index contributed by atoms with van der Waals surface area (Å²) in [6.45, 7) is 1.60. The Morgan fingerprint density at radius 3 is 2.24 bits per heavy atom. The van der Waals surface area contributed by atoms with E-state index < -0.39 is 12.2 Å². The van der Waals surface area contributed by atoms with Gasteiger partial charge in [0.15, 0.2) is 0 Å².